The Balaban J connectivity index is 1.65. The largest absolute Gasteiger partial charge is 0.393 e. The van der Waals surface area contributed by atoms with Crippen molar-refractivity contribution in [3.05, 3.63) is 71.3 Å². The van der Waals surface area contributed by atoms with E-state index in [1.807, 2.05) is 0 Å². The smallest absolute Gasteiger partial charge is 0.257 e. The van der Waals surface area contributed by atoms with E-state index in [-0.39, 0.29) is 23.4 Å². The first-order valence-corrected chi connectivity index (χ1v) is 11.1. The van der Waals surface area contributed by atoms with Gasteiger partial charge in [0.1, 0.15) is 11.6 Å². The Morgan fingerprint density at radius 2 is 1.94 bits per heavy atom. The molecule has 0 radical (unpaired) electrons. The zero-order chi connectivity index (χ0) is 22.9. The SMILES string of the molecule is CC(O)C1CC(C2CC2)OCC1(NC(=S)NC(=O)c1ccccc1)c1ccc(F)cc1F. The first kappa shape index (κ1) is 22.8. The fraction of sp³-hybridized carbons (Fsp3) is 0.417. The van der Waals surface area contributed by atoms with E-state index >= 15 is 4.39 Å². The van der Waals surface area contributed by atoms with Gasteiger partial charge in [0.15, 0.2) is 5.11 Å². The van der Waals surface area contributed by atoms with Gasteiger partial charge in [0, 0.05) is 23.1 Å². The molecule has 1 aliphatic carbocycles. The van der Waals surface area contributed by atoms with Gasteiger partial charge in [0.25, 0.3) is 5.91 Å². The van der Waals surface area contributed by atoms with Crippen LogP contribution >= 0.6 is 12.2 Å². The molecule has 2 fully saturated rings. The van der Waals surface area contributed by atoms with Gasteiger partial charge >= 0.3 is 0 Å². The second-order valence-corrected chi connectivity index (χ2v) is 9.05. The van der Waals surface area contributed by atoms with Crippen LogP contribution in [0.4, 0.5) is 8.78 Å². The second-order valence-electron chi connectivity index (χ2n) is 8.64. The van der Waals surface area contributed by atoms with E-state index < -0.39 is 35.1 Å². The lowest BCUT2D eigenvalue weighted by Gasteiger charge is -2.49. The Morgan fingerprint density at radius 3 is 2.56 bits per heavy atom. The molecule has 0 bridgehead atoms. The van der Waals surface area contributed by atoms with Gasteiger partial charge in [-0.2, -0.15) is 0 Å². The molecule has 0 aromatic heterocycles. The molecule has 8 heteroatoms. The van der Waals surface area contributed by atoms with E-state index in [1.165, 1.54) is 12.1 Å². The number of benzene rings is 2. The molecule has 32 heavy (non-hydrogen) atoms. The lowest BCUT2D eigenvalue weighted by molar-refractivity contribution is -0.108. The van der Waals surface area contributed by atoms with E-state index in [0.717, 1.165) is 18.9 Å². The molecule has 2 aliphatic rings. The molecule has 4 rings (SSSR count). The topological polar surface area (TPSA) is 70.6 Å². The van der Waals surface area contributed by atoms with Crippen molar-refractivity contribution in [3.63, 3.8) is 0 Å². The zero-order valence-corrected chi connectivity index (χ0v) is 18.5. The van der Waals surface area contributed by atoms with Gasteiger partial charge in [0.05, 0.1) is 24.4 Å². The van der Waals surface area contributed by atoms with Gasteiger partial charge < -0.3 is 15.2 Å². The first-order chi connectivity index (χ1) is 15.3. The summed E-state index contributed by atoms with van der Waals surface area (Å²) in [5, 5.41) is 16.4. The molecular weight excluding hydrogens is 434 g/mol. The molecule has 3 N–H and O–H groups in total. The summed E-state index contributed by atoms with van der Waals surface area (Å²) in [6.07, 6.45) is 1.74. The predicted octanol–water partition coefficient (Wildman–Crippen LogP) is 3.66. The maximum Gasteiger partial charge on any atom is 0.257 e. The minimum atomic E-state index is -1.28. The minimum absolute atomic E-state index is 0.0215. The number of aliphatic hydroxyl groups excluding tert-OH is 1. The molecule has 2 aromatic rings. The van der Waals surface area contributed by atoms with Gasteiger partial charge in [-0.3, -0.25) is 10.1 Å². The Labute approximate surface area is 191 Å². The molecule has 170 valence electrons. The van der Waals surface area contributed by atoms with Crippen molar-refractivity contribution in [2.45, 2.75) is 43.9 Å². The number of aliphatic hydroxyl groups is 1. The summed E-state index contributed by atoms with van der Waals surface area (Å²) in [7, 11) is 0. The number of thiocarbonyl (C=S) groups is 1. The average molecular weight is 461 g/mol. The van der Waals surface area contributed by atoms with Crippen molar-refractivity contribution in [2.24, 2.45) is 11.8 Å². The molecule has 1 saturated carbocycles. The van der Waals surface area contributed by atoms with Crippen LogP contribution in [0.25, 0.3) is 0 Å². The molecule has 2 aromatic carbocycles. The Bertz CT molecular complexity index is 1000. The number of ether oxygens (including phenoxy) is 1. The first-order valence-electron chi connectivity index (χ1n) is 10.7. The molecule has 5 nitrogen and oxygen atoms in total. The molecule has 1 amide bonds. The summed E-state index contributed by atoms with van der Waals surface area (Å²) in [5.41, 5.74) is -0.729. The van der Waals surface area contributed by atoms with Gasteiger partial charge in [-0.15, -0.1) is 0 Å². The maximum atomic E-state index is 15.0. The lowest BCUT2D eigenvalue weighted by Crippen LogP contribution is -2.63. The number of carbonyl (C=O) groups is 1. The van der Waals surface area contributed by atoms with Crippen molar-refractivity contribution in [2.75, 3.05) is 6.61 Å². The normalized spacial score (nSPS) is 26.2. The molecule has 4 unspecified atom stereocenters. The van der Waals surface area contributed by atoms with Crippen molar-refractivity contribution in [1.82, 2.24) is 10.6 Å². The van der Waals surface area contributed by atoms with Crippen molar-refractivity contribution in [1.29, 1.82) is 0 Å². The van der Waals surface area contributed by atoms with Crippen LogP contribution in [-0.2, 0) is 10.3 Å². The third-order valence-corrected chi connectivity index (χ3v) is 6.59. The van der Waals surface area contributed by atoms with Crippen LogP contribution in [0.2, 0.25) is 0 Å². The monoisotopic (exact) mass is 460 g/mol. The number of nitrogens with one attached hydrogen (secondary N) is 2. The fourth-order valence-corrected chi connectivity index (χ4v) is 4.87. The van der Waals surface area contributed by atoms with Crippen LogP contribution in [-0.4, -0.2) is 34.9 Å². The standard InChI is InChI=1S/C24H26F2N2O3S/c1-14(29)19-12-21(15-7-8-15)31-13-24(19,18-10-9-17(25)11-20(18)26)28-23(32)27-22(30)16-5-3-2-4-6-16/h2-6,9-11,14-15,19,21,29H,7-8,12-13H2,1H3,(H2,27,28,30,32). The molecule has 1 heterocycles. The van der Waals surface area contributed by atoms with E-state index in [1.54, 1.807) is 37.3 Å². The summed E-state index contributed by atoms with van der Waals surface area (Å²) in [6.45, 7) is 1.66. The number of carbonyl (C=O) groups excluding carboxylic acids is 1. The fourth-order valence-electron chi connectivity index (χ4n) is 4.59. The molecule has 0 spiro atoms. The summed E-state index contributed by atoms with van der Waals surface area (Å²) >= 11 is 5.41. The number of halogens is 2. The highest BCUT2D eigenvalue weighted by Crippen LogP contribution is 2.46. The lowest BCUT2D eigenvalue weighted by atomic mass is 9.71. The number of amides is 1. The summed E-state index contributed by atoms with van der Waals surface area (Å²) in [5.74, 6) is -1.94. The van der Waals surface area contributed by atoms with Crippen LogP contribution in [0.1, 0.15) is 42.1 Å². The van der Waals surface area contributed by atoms with Gasteiger partial charge in [-0.05, 0) is 62.5 Å². The average Bonchev–Trinajstić information content (AvgIpc) is 3.59. The van der Waals surface area contributed by atoms with E-state index in [4.69, 9.17) is 17.0 Å². The Hall–Kier alpha value is -2.42. The second kappa shape index (κ2) is 9.21. The van der Waals surface area contributed by atoms with Crippen LogP contribution in [0.3, 0.4) is 0 Å². The van der Waals surface area contributed by atoms with Crippen LogP contribution in [0.15, 0.2) is 48.5 Å². The van der Waals surface area contributed by atoms with E-state index in [0.29, 0.717) is 17.9 Å². The molecule has 4 atom stereocenters. The summed E-state index contributed by atoms with van der Waals surface area (Å²) in [4.78, 5) is 12.6. The molecule has 1 saturated heterocycles. The van der Waals surface area contributed by atoms with E-state index in [9.17, 15) is 14.3 Å². The van der Waals surface area contributed by atoms with Gasteiger partial charge in [-0.25, -0.2) is 8.78 Å². The Kier molecular flexibility index (Phi) is 6.55. The highest BCUT2D eigenvalue weighted by Gasteiger charge is 2.52. The van der Waals surface area contributed by atoms with Crippen LogP contribution in [0, 0.1) is 23.5 Å². The van der Waals surface area contributed by atoms with Crippen LogP contribution in [0.5, 0.6) is 0 Å². The van der Waals surface area contributed by atoms with Crippen molar-refractivity contribution >= 4 is 23.2 Å². The van der Waals surface area contributed by atoms with E-state index in [2.05, 4.69) is 10.6 Å². The summed E-state index contributed by atoms with van der Waals surface area (Å²) in [6, 6.07) is 11.9. The molecule has 1 aliphatic heterocycles. The number of hydrogen-bond donors (Lipinski definition) is 3. The van der Waals surface area contributed by atoms with Gasteiger partial charge in [0.2, 0.25) is 0 Å². The Morgan fingerprint density at radius 1 is 1.22 bits per heavy atom. The zero-order valence-electron chi connectivity index (χ0n) is 17.7. The third-order valence-electron chi connectivity index (χ3n) is 6.39. The van der Waals surface area contributed by atoms with Crippen LogP contribution < -0.4 is 10.6 Å². The van der Waals surface area contributed by atoms with Gasteiger partial charge in [-0.1, -0.05) is 24.3 Å². The van der Waals surface area contributed by atoms with Crippen molar-refractivity contribution < 1.29 is 23.4 Å². The van der Waals surface area contributed by atoms with Crippen molar-refractivity contribution in [3.8, 4) is 0 Å². The highest BCUT2D eigenvalue weighted by molar-refractivity contribution is 7.80. The quantitative estimate of drug-likeness (QED) is 0.594. The minimum Gasteiger partial charge on any atom is -0.393 e. The third kappa shape index (κ3) is 4.67. The maximum absolute atomic E-state index is 15.0. The number of rotatable bonds is 5. The molecular formula is C24H26F2N2O3S. The predicted molar refractivity (Wildman–Crippen MR) is 120 cm³/mol. The summed E-state index contributed by atoms with van der Waals surface area (Å²) < 4.78 is 34.8. The highest BCUT2D eigenvalue weighted by atomic mass is 32.1. The number of hydrogen-bond acceptors (Lipinski definition) is 4.